The molecule has 0 spiro atoms. The van der Waals surface area contributed by atoms with Crippen molar-refractivity contribution < 1.29 is 27.9 Å². The second-order valence-corrected chi connectivity index (χ2v) is 7.11. The topological polar surface area (TPSA) is 75.7 Å². The van der Waals surface area contributed by atoms with Crippen LogP contribution in [0.2, 0.25) is 0 Å². The molecule has 3 rings (SSSR count). The Morgan fingerprint density at radius 2 is 1.77 bits per heavy atom. The summed E-state index contributed by atoms with van der Waals surface area (Å²) in [4.78, 5) is 39.5. The average molecular weight is 416 g/mol. The van der Waals surface area contributed by atoms with Crippen molar-refractivity contribution in [2.24, 2.45) is 0 Å². The first kappa shape index (κ1) is 21.4. The lowest BCUT2D eigenvalue weighted by atomic mass is 9.84. The van der Waals surface area contributed by atoms with Crippen LogP contribution in [0.25, 0.3) is 0 Å². The third-order valence-corrected chi connectivity index (χ3v) is 5.18. The maximum absolute atomic E-state index is 13.6. The molecular weight excluding hydrogens is 394 g/mol. The molecular formula is C22H22F2N2O4. The maximum Gasteiger partial charge on any atom is 0.325 e. The summed E-state index contributed by atoms with van der Waals surface area (Å²) in [6.45, 7) is 1.37. The van der Waals surface area contributed by atoms with Crippen molar-refractivity contribution >= 4 is 17.7 Å². The van der Waals surface area contributed by atoms with E-state index >= 15 is 0 Å². The van der Waals surface area contributed by atoms with E-state index in [9.17, 15) is 23.2 Å². The first-order valence-corrected chi connectivity index (χ1v) is 9.59. The fourth-order valence-electron chi connectivity index (χ4n) is 3.58. The smallest absolute Gasteiger partial charge is 0.325 e. The zero-order chi connectivity index (χ0) is 21.9. The fourth-order valence-corrected chi connectivity index (χ4v) is 3.58. The van der Waals surface area contributed by atoms with Crippen molar-refractivity contribution in [3.8, 4) is 5.75 Å². The van der Waals surface area contributed by atoms with Crippen molar-refractivity contribution in [2.75, 3.05) is 13.7 Å². The number of carbonyl (C=O) groups excluding carboxylic acids is 3. The second kappa shape index (κ2) is 8.61. The molecule has 0 saturated carbocycles. The molecule has 0 radical (unpaired) electrons. The van der Waals surface area contributed by atoms with E-state index in [1.807, 2.05) is 6.92 Å². The van der Waals surface area contributed by atoms with E-state index in [0.717, 1.165) is 23.5 Å². The van der Waals surface area contributed by atoms with Gasteiger partial charge in [-0.3, -0.25) is 14.5 Å². The Balaban J connectivity index is 1.93. The SMILES string of the molecule is CCCC[C@]1(c2ccc(F)cc2)NC(=O)N(CC(=O)c2cc(F)ccc2OC)C1=O. The highest BCUT2D eigenvalue weighted by molar-refractivity contribution is 6.12. The Morgan fingerprint density at radius 1 is 1.10 bits per heavy atom. The van der Waals surface area contributed by atoms with Crippen LogP contribution in [0.1, 0.15) is 42.1 Å². The number of benzene rings is 2. The largest absolute Gasteiger partial charge is 0.496 e. The maximum atomic E-state index is 13.6. The van der Waals surface area contributed by atoms with E-state index in [1.54, 1.807) is 0 Å². The molecule has 2 aromatic carbocycles. The number of urea groups is 1. The van der Waals surface area contributed by atoms with Crippen LogP contribution in [0.5, 0.6) is 5.75 Å². The Kier molecular flexibility index (Phi) is 6.14. The van der Waals surface area contributed by atoms with E-state index in [1.165, 1.54) is 37.4 Å². The highest BCUT2D eigenvalue weighted by Crippen LogP contribution is 2.34. The highest BCUT2D eigenvalue weighted by Gasteiger charge is 2.52. The van der Waals surface area contributed by atoms with Gasteiger partial charge in [-0.1, -0.05) is 31.9 Å². The molecule has 1 fully saturated rings. The monoisotopic (exact) mass is 416 g/mol. The van der Waals surface area contributed by atoms with Gasteiger partial charge in [0.05, 0.1) is 19.2 Å². The average Bonchev–Trinajstić information content (AvgIpc) is 2.97. The van der Waals surface area contributed by atoms with Crippen LogP contribution in [0.3, 0.4) is 0 Å². The molecule has 2 aromatic rings. The molecule has 1 heterocycles. The molecule has 8 heteroatoms. The summed E-state index contributed by atoms with van der Waals surface area (Å²) in [6.07, 6.45) is 1.70. The number of rotatable bonds is 8. The number of ketones is 1. The third kappa shape index (κ3) is 3.90. The van der Waals surface area contributed by atoms with Gasteiger partial charge in [0.1, 0.15) is 22.9 Å². The van der Waals surface area contributed by atoms with E-state index < -0.39 is 41.4 Å². The summed E-state index contributed by atoms with van der Waals surface area (Å²) in [7, 11) is 1.34. The predicted molar refractivity (Wildman–Crippen MR) is 105 cm³/mol. The van der Waals surface area contributed by atoms with Crippen LogP contribution in [0.15, 0.2) is 42.5 Å². The number of hydrogen-bond donors (Lipinski definition) is 1. The number of hydrogen-bond acceptors (Lipinski definition) is 4. The van der Waals surface area contributed by atoms with Crippen LogP contribution in [0, 0.1) is 11.6 Å². The molecule has 1 N–H and O–H groups in total. The lowest BCUT2D eigenvalue weighted by molar-refractivity contribution is -0.131. The lowest BCUT2D eigenvalue weighted by Gasteiger charge is -2.27. The molecule has 0 aliphatic carbocycles. The Bertz CT molecular complexity index is 978. The minimum atomic E-state index is -1.38. The van der Waals surface area contributed by atoms with Gasteiger partial charge < -0.3 is 10.1 Å². The molecule has 1 saturated heterocycles. The van der Waals surface area contributed by atoms with Gasteiger partial charge in [-0.15, -0.1) is 0 Å². The molecule has 0 unspecified atom stereocenters. The van der Waals surface area contributed by atoms with Crippen molar-refractivity contribution in [3.05, 3.63) is 65.2 Å². The number of Topliss-reactive ketones (excluding diaryl/α,β-unsaturated/α-hetero) is 1. The van der Waals surface area contributed by atoms with Gasteiger partial charge in [0.25, 0.3) is 5.91 Å². The van der Waals surface area contributed by atoms with Crippen LogP contribution >= 0.6 is 0 Å². The molecule has 3 amide bonds. The number of amides is 3. The van der Waals surface area contributed by atoms with Crippen molar-refractivity contribution in [3.63, 3.8) is 0 Å². The normalized spacial score (nSPS) is 18.5. The molecule has 30 heavy (non-hydrogen) atoms. The molecule has 158 valence electrons. The second-order valence-electron chi connectivity index (χ2n) is 7.11. The number of nitrogens with one attached hydrogen (secondary N) is 1. The van der Waals surface area contributed by atoms with Crippen LogP contribution < -0.4 is 10.1 Å². The van der Waals surface area contributed by atoms with Gasteiger partial charge in [0, 0.05) is 0 Å². The summed E-state index contributed by atoms with van der Waals surface area (Å²) < 4.78 is 32.1. The third-order valence-electron chi connectivity index (χ3n) is 5.18. The van der Waals surface area contributed by atoms with E-state index in [0.29, 0.717) is 18.4 Å². The molecule has 1 atom stereocenters. The van der Waals surface area contributed by atoms with Crippen molar-refractivity contribution in [1.82, 2.24) is 10.2 Å². The molecule has 1 aliphatic rings. The van der Waals surface area contributed by atoms with Gasteiger partial charge in [-0.05, 0) is 42.3 Å². The van der Waals surface area contributed by atoms with Gasteiger partial charge in [0.15, 0.2) is 5.78 Å². The number of nitrogens with zero attached hydrogens (tertiary/aromatic N) is 1. The minimum absolute atomic E-state index is 0.0639. The number of methoxy groups -OCH3 is 1. The van der Waals surface area contributed by atoms with E-state index in [4.69, 9.17) is 4.74 Å². The molecule has 6 nitrogen and oxygen atoms in total. The number of imide groups is 1. The van der Waals surface area contributed by atoms with Gasteiger partial charge in [-0.2, -0.15) is 0 Å². The van der Waals surface area contributed by atoms with Crippen LogP contribution in [-0.4, -0.2) is 36.3 Å². The predicted octanol–water partition coefficient (Wildman–Crippen LogP) is 3.79. The number of ether oxygens (including phenoxy) is 1. The molecule has 0 bridgehead atoms. The van der Waals surface area contributed by atoms with Crippen LogP contribution in [0.4, 0.5) is 13.6 Å². The summed E-state index contributed by atoms with van der Waals surface area (Å²) in [5.41, 5.74) is -1.01. The number of carbonyl (C=O) groups is 3. The zero-order valence-electron chi connectivity index (χ0n) is 16.7. The van der Waals surface area contributed by atoms with E-state index in [-0.39, 0.29) is 11.3 Å². The minimum Gasteiger partial charge on any atom is -0.496 e. The number of halogens is 2. The fraction of sp³-hybridized carbons (Fsp3) is 0.318. The van der Waals surface area contributed by atoms with Crippen molar-refractivity contribution in [2.45, 2.75) is 31.7 Å². The quantitative estimate of drug-likeness (QED) is 0.525. The van der Waals surface area contributed by atoms with E-state index in [2.05, 4.69) is 5.32 Å². The zero-order valence-corrected chi connectivity index (χ0v) is 16.7. The van der Waals surface area contributed by atoms with Gasteiger partial charge >= 0.3 is 6.03 Å². The molecule has 1 aliphatic heterocycles. The van der Waals surface area contributed by atoms with Crippen molar-refractivity contribution in [1.29, 1.82) is 0 Å². The summed E-state index contributed by atoms with van der Waals surface area (Å²) >= 11 is 0. The summed E-state index contributed by atoms with van der Waals surface area (Å²) in [5.74, 6) is -2.20. The van der Waals surface area contributed by atoms with Crippen LogP contribution in [-0.2, 0) is 10.3 Å². The Morgan fingerprint density at radius 3 is 2.40 bits per heavy atom. The molecule has 0 aromatic heterocycles. The highest BCUT2D eigenvalue weighted by atomic mass is 19.1. The lowest BCUT2D eigenvalue weighted by Crippen LogP contribution is -2.44. The van der Waals surface area contributed by atoms with Gasteiger partial charge in [-0.25, -0.2) is 13.6 Å². The summed E-state index contributed by atoms with van der Waals surface area (Å²) in [6, 6.07) is 8.05. The van der Waals surface area contributed by atoms with Gasteiger partial charge in [0.2, 0.25) is 0 Å². The first-order chi connectivity index (χ1) is 14.3. The summed E-state index contributed by atoms with van der Waals surface area (Å²) in [5, 5.41) is 2.69. The number of unbranched alkanes of at least 4 members (excludes halogenated alkanes) is 1. The first-order valence-electron chi connectivity index (χ1n) is 9.59. The standard InChI is InChI=1S/C22H22F2N2O4/c1-3-4-11-22(14-5-7-15(23)8-6-14)20(28)26(21(29)25-22)13-18(27)17-12-16(24)9-10-19(17)30-2/h5-10,12H,3-4,11,13H2,1-2H3,(H,25,29)/t22-/m1/s1. The Labute approximate surface area is 172 Å². The Hall–Kier alpha value is -3.29.